The van der Waals surface area contributed by atoms with Crippen LogP contribution in [0.1, 0.15) is 42.0 Å². The number of hydrogen-bond acceptors (Lipinski definition) is 6. The molecule has 1 aliphatic heterocycles. The molecule has 1 amide bonds. The van der Waals surface area contributed by atoms with Crippen molar-refractivity contribution < 1.29 is 4.79 Å². The van der Waals surface area contributed by atoms with Crippen molar-refractivity contribution in [3.05, 3.63) is 53.4 Å². The fourth-order valence-electron chi connectivity index (χ4n) is 4.18. The van der Waals surface area contributed by atoms with Crippen LogP contribution in [0.2, 0.25) is 0 Å². The van der Waals surface area contributed by atoms with Crippen LogP contribution in [0.3, 0.4) is 0 Å². The molecule has 4 heterocycles. The van der Waals surface area contributed by atoms with Crippen LogP contribution in [0, 0.1) is 13.8 Å². The van der Waals surface area contributed by atoms with Crippen molar-refractivity contribution in [2.45, 2.75) is 52.5 Å². The zero-order valence-corrected chi connectivity index (χ0v) is 17.7. The molecule has 0 atom stereocenters. The normalized spacial score (nSPS) is 13.7. The maximum atomic E-state index is 12.7. The maximum absolute atomic E-state index is 12.7. The van der Waals surface area contributed by atoms with Gasteiger partial charge in [-0.25, -0.2) is 9.50 Å². The Bertz CT molecular complexity index is 1250. The molecular formula is C22H24N8O. The molecule has 31 heavy (non-hydrogen) atoms. The van der Waals surface area contributed by atoms with Crippen molar-refractivity contribution in [2.75, 3.05) is 5.32 Å². The summed E-state index contributed by atoms with van der Waals surface area (Å²) >= 11 is 0. The van der Waals surface area contributed by atoms with Gasteiger partial charge in [-0.15, -0.1) is 10.2 Å². The third kappa shape index (κ3) is 3.67. The Hall–Kier alpha value is -3.62. The predicted octanol–water partition coefficient (Wildman–Crippen LogP) is 2.91. The van der Waals surface area contributed by atoms with E-state index >= 15 is 0 Å². The van der Waals surface area contributed by atoms with Gasteiger partial charge in [0.05, 0.1) is 6.42 Å². The second-order valence-electron chi connectivity index (χ2n) is 7.94. The maximum Gasteiger partial charge on any atom is 0.252 e. The Labute approximate surface area is 179 Å². The highest BCUT2D eigenvalue weighted by Crippen LogP contribution is 2.24. The van der Waals surface area contributed by atoms with Crippen LogP contribution in [0.25, 0.3) is 17.2 Å². The summed E-state index contributed by atoms with van der Waals surface area (Å²) in [5.41, 5.74) is 4.27. The van der Waals surface area contributed by atoms with Crippen molar-refractivity contribution in [1.29, 1.82) is 0 Å². The fourth-order valence-corrected chi connectivity index (χ4v) is 4.18. The van der Waals surface area contributed by atoms with Gasteiger partial charge in [-0.2, -0.15) is 10.1 Å². The number of aryl methyl sites for hydroxylation is 3. The van der Waals surface area contributed by atoms with Crippen LogP contribution in [0.4, 0.5) is 5.69 Å². The first-order valence-electron chi connectivity index (χ1n) is 10.6. The van der Waals surface area contributed by atoms with Gasteiger partial charge in [-0.1, -0.05) is 6.42 Å². The molecule has 3 aromatic heterocycles. The largest absolute Gasteiger partial charge is 0.326 e. The number of carbonyl (C=O) groups is 1. The quantitative estimate of drug-likeness (QED) is 0.549. The summed E-state index contributed by atoms with van der Waals surface area (Å²) in [6.07, 6.45) is 6.22. The molecule has 0 radical (unpaired) electrons. The van der Waals surface area contributed by atoms with Gasteiger partial charge in [-0.05, 0) is 51.0 Å². The van der Waals surface area contributed by atoms with Crippen LogP contribution in [0.5, 0.6) is 0 Å². The summed E-state index contributed by atoms with van der Waals surface area (Å²) in [5.74, 6) is 2.40. The minimum Gasteiger partial charge on any atom is -0.326 e. The Morgan fingerprint density at radius 2 is 1.94 bits per heavy atom. The van der Waals surface area contributed by atoms with Crippen LogP contribution >= 0.6 is 0 Å². The molecule has 9 nitrogen and oxygen atoms in total. The van der Waals surface area contributed by atoms with E-state index in [0.717, 1.165) is 59.2 Å². The fraction of sp³-hybridized carbons (Fsp3) is 0.364. The van der Waals surface area contributed by atoms with Crippen molar-refractivity contribution >= 4 is 17.4 Å². The molecule has 0 unspecified atom stereocenters. The van der Waals surface area contributed by atoms with E-state index in [1.807, 2.05) is 38.1 Å². The van der Waals surface area contributed by atoms with E-state index in [1.165, 1.54) is 19.2 Å². The van der Waals surface area contributed by atoms with E-state index in [4.69, 9.17) is 0 Å². The van der Waals surface area contributed by atoms with Gasteiger partial charge >= 0.3 is 0 Å². The molecule has 0 aliphatic carbocycles. The Kier molecular flexibility index (Phi) is 4.93. The van der Waals surface area contributed by atoms with Crippen molar-refractivity contribution in [3.8, 4) is 11.4 Å². The molecule has 9 heteroatoms. The number of amides is 1. The Morgan fingerprint density at radius 1 is 1.10 bits per heavy atom. The minimum absolute atomic E-state index is 0.100. The number of nitrogens with zero attached hydrogens (tertiary/aromatic N) is 7. The summed E-state index contributed by atoms with van der Waals surface area (Å²) in [6, 6.07) is 7.78. The molecule has 5 rings (SSSR count). The molecule has 0 fully saturated rings. The number of fused-ring (bicyclic) bond motifs is 2. The van der Waals surface area contributed by atoms with Crippen molar-refractivity contribution in [1.82, 2.24) is 34.3 Å². The van der Waals surface area contributed by atoms with Gasteiger partial charge in [0.1, 0.15) is 12.2 Å². The molecule has 4 aromatic rings. The van der Waals surface area contributed by atoms with Crippen molar-refractivity contribution in [3.63, 3.8) is 0 Å². The van der Waals surface area contributed by atoms with Gasteiger partial charge in [0.15, 0.2) is 5.82 Å². The van der Waals surface area contributed by atoms with E-state index in [0.29, 0.717) is 5.78 Å². The average molecular weight is 416 g/mol. The highest BCUT2D eigenvalue weighted by atomic mass is 16.1. The van der Waals surface area contributed by atoms with Crippen molar-refractivity contribution in [2.24, 2.45) is 0 Å². The lowest BCUT2D eigenvalue weighted by Gasteiger charge is -2.11. The number of hydrogen-bond donors (Lipinski definition) is 1. The second-order valence-corrected chi connectivity index (χ2v) is 7.94. The number of benzene rings is 1. The monoisotopic (exact) mass is 416 g/mol. The molecule has 1 aliphatic rings. The number of rotatable bonds is 4. The van der Waals surface area contributed by atoms with E-state index in [9.17, 15) is 4.79 Å². The molecule has 1 N–H and O–H groups in total. The predicted molar refractivity (Wildman–Crippen MR) is 116 cm³/mol. The van der Waals surface area contributed by atoms with Gasteiger partial charge in [-0.3, -0.25) is 4.79 Å². The van der Waals surface area contributed by atoms with E-state index in [2.05, 4.69) is 35.1 Å². The molecule has 0 saturated heterocycles. The summed E-state index contributed by atoms with van der Waals surface area (Å²) < 4.78 is 3.88. The summed E-state index contributed by atoms with van der Waals surface area (Å²) in [6.45, 7) is 4.77. The summed E-state index contributed by atoms with van der Waals surface area (Å²) in [7, 11) is 0. The van der Waals surface area contributed by atoms with Gasteiger partial charge in [0.25, 0.3) is 5.78 Å². The highest BCUT2D eigenvalue weighted by Gasteiger charge is 2.17. The third-order valence-electron chi connectivity index (χ3n) is 5.86. The second kappa shape index (κ2) is 7.90. The lowest BCUT2D eigenvalue weighted by Crippen LogP contribution is -2.17. The first kappa shape index (κ1) is 19.3. The smallest absolute Gasteiger partial charge is 0.252 e. The van der Waals surface area contributed by atoms with Crippen LogP contribution < -0.4 is 5.32 Å². The number of carbonyl (C=O) groups excluding carboxylic acids is 1. The molecule has 0 bridgehead atoms. The minimum atomic E-state index is -0.100. The number of anilines is 1. The molecule has 1 aromatic carbocycles. The molecule has 0 spiro atoms. The standard InChI is InChI=1S/C22H24N8O/c1-14-18(15(2)30-22(25-14)23-13-24-30)12-20(31)26-17-9-7-16(8-10-17)21-28-27-19-6-4-3-5-11-29(19)21/h7-10,13H,3-6,11-12H2,1-2H3,(H,26,31). The average Bonchev–Trinajstić information content (AvgIpc) is 3.32. The Morgan fingerprint density at radius 3 is 2.77 bits per heavy atom. The number of aromatic nitrogens is 7. The SMILES string of the molecule is Cc1nc2ncnn2c(C)c1CC(=O)Nc1ccc(-c2nnc3n2CCCCC3)cc1. The molecule has 0 saturated carbocycles. The topological polar surface area (TPSA) is 103 Å². The molecule has 158 valence electrons. The summed E-state index contributed by atoms with van der Waals surface area (Å²) in [5, 5.41) is 15.9. The lowest BCUT2D eigenvalue weighted by molar-refractivity contribution is -0.115. The highest BCUT2D eigenvalue weighted by molar-refractivity contribution is 5.92. The lowest BCUT2D eigenvalue weighted by atomic mass is 10.1. The van der Waals surface area contributed by atoms with E-state index in [-0.39, 0.29) is 12.3 Å². The van der Waals surface area contributed by atoms with E-state index < -0.39 is 0 Å². The Balaban J connectivity index is 1.31. The zero-order chi connectivity index (χ0) is 21.4. The number of nitrogens with one attached hydrogen (secondary N) is 1. The zero-order valence-electron chi connectivity index (χ0n) is 17.7. The van der Waals surface area contributed by atoms with Gasteiger partial charge in [0, 0.05) is 41.2 Å². The first-order chi connectivity index (χ1) is 15.1. The first-order valence-corrected chi connectivity index (χ1v) is 10.6. The summed E-state index contributed by atoms with van der Waals surface area (Å²) in [4.78, 5) is 21.2. The van der Waals surface area contributed by atoms with Crippen LogP contribution in [0.15, 0.2) is 30.6 Å². The van der Waals surface area contributed by atoms with Crippen LogP contribution in [-0.2, 0) is 24.2 Å². The van der Waals surface area contributed by atoms with Gasteiger partial charge < -0.3 is 9.88 Å². The van der Waals surface area contributed by atoms with Gasteiger partial charge in [0.2, 0.25) is 5.91 Å². The van der Waals surface area contributed by atoms with Crippen LogP contribution in [-0.4, -0.2) is 40.3 Å². The third-order valence-corrected chi connectivity index (χ3v) is 5.86. The molecular weight excluding hydrogens is 392 g/mol. The van der Waals surface area contributed by atoms with E-state index in [1.54, 1.807) is 4.52 Å².